The molecule has 0 spiro atoms. The summed E-state index contributed by atoms with van der Waals surface area (Å²) >= 11 is 7.83. The van der Waals surface area contributed by atoms with Crippen LogP contribution in [0.25, 0.3) is 0 Å². The molecular weight excluding hydrogens is 208 g/mol. The van der Waals surface area contributed by atoms with Gasteiger partial charge >= 0.3 is 0 Å². The first-order valence-corrected chi connectivity index (χ1v) is 4.81. The van der Waals surface area contributed by atoms with Gasteiger partial charge < -0.3 is 5.73 Å². The third kappa shape index (κ3) is 4.54. The molecule has 0 heterocycles. The lowest BCUT2D eigenvalue weighted by molar-refractivity contribution is -0.131. The van der Waals surface area contributed by atoms with Crippen LogP contribution in [0.4, 0.5) is 0 Å². The fourth-order valence-corrected chi connectivity index (χ4v) is 0.662. The minimum atomic E-state index is -0.883. The van der Waals surface area contributed by atoms with Crippen molar-refractivity contribution >= 4 is 37.1 Å². The third-order valence-electron chi connectivity index (χ3n) is 1.33. The van der Waals surface area contributed by atoms with E-state index in [0.29, 0.717) is 0 Å². The SMILES string of the molecule is CC(C)(S)C(=O)NC(=O)[C@@H](N)CS. The van der Waals surface area contributed by atoms with E-state index in [0.717, 1.165) is 0 Å². The van der Waals surface area contributed by atoms with Gasteiger partial charge in [-0.05, 0) is 13.8 Å². The molecule has 6 heteroatoms. The van der Waals surface area contributed by atoms with E-state index < -0.39 is 22.6 Å². The zero-order valence-electron chi connectivity index (χ0n) is 7.57. The molecular formula is C7H14N2O2S2. The summed E-state index contributed by atoms with van der Waals surface area (Å²) in [5, 5.41) is 2.14. The second kappa shape index (κ2) is 4.88. The quantitative estimate of drug-likeness (QED) is 0.491. The molecule has 0 unspecified atom stereocenters. The van der Waals surface area contributed by atoms with Crippen molar-refractivity contribution in [1.82, 2.24) is 5.32 Å². The Kier molecular flexibility index (Phi) is 4.80. The first kappa shape index (κ1) is 12.8. The second-order valence-corrected chi connectivity index (χ2v) is 4.65. The lowest BCUT2D eigenvalue weighted by atomic mass is 10.2. The molecule has 3 N–H and O–H groups in total. The van der Waals surface area contributed by atoms with Crippen LogP contribution in [0, 0.1) is 0 Å². The zero-order valence-corrected chi connectivity index (χ0v) is 9.36. The Morgan fingerprint density at radius 3 is 2.31 bits per heavy atom. The van der Waals surface area contributed by atoms with E-state index in [1.165, 1.54) is 0 Å². The maximum Gasteiger partial charge on any atom is 0.244 e. The van der Waals surface area contributed by atoms with E-state index in [4.69, 9.17) is 5.73 Å². The van der Waals surface area contributed by atoms with Crippen LogP contribution in [0.15, 0.2) is 0 Å². The van der Waals surface area contributed by atoms with Crippen molar-refractivity contribution in [2.45, 2.75) is 24.6 Å². The van der Waals surface area contributed by atoms with Gasteiger partial charge in [0.05, 0.1) is 10.8 Å². The molecule has 0 rings (SSSR count). The van der Waals surface area contributed by atoms with Gasteiger partial charge in [-0.2, -0.15) is 25.3 Å². The number of hydrogen-bond donors (Lipinski definition) is 4. The Labute approximate surface area is 88.5 Å². The molecule has 13 heavy (non-hydrogen) atoms. The van der Waals surface area contributed by atoms with Crippen molar-refractivity contribution in [3.63, 3.8) is 0 Å². The fraction of sp³-hybridized carbons (Fsp3) is 0.714. The van der Waals surface area contributed by atoms with Crippen LogP contribution in [0.1, 0.15) is 13.8 Å². The Balaban J connectivity index is 4.16. The van der Waals surface area contributed by atoms with Crippen LogP contribution >= 0.6 is 25.3 Å². The van der Waals surface area contributed by atoms with Crippen molar-refractivity contribution in [1.29, 1.82) is 0 Å². The molecule has 0 bridgehead atoms. The topological polar surface area (TPSA) is 72.2 Å². The predicted octanol–water partition coefficient (Wildman–Crippen LogP) is -0.405. The Morgan fingerprint density at radius 1 is 1.54 bits per heavy atom. The van der Waals surface area contributed by atoms with Crippen molar-refractivity contribution < 1.29 is 9.59 Å². The van der Waals surface area contributed by atoms with Gasteiger partial charge in [-0.25, -0.2) is 0 Å². The highest BCUT2D eigenvalue weighted by molar-refractivity contribution is 7.82. The van der Waals surface area contributed by atoms with Gasteiger partial charge in [0.2, 0.25) is 11.8 Å². The molecule has 2 amide bonds. The van der Waals surface area contributed by atoms with E-state index in [2.05, 4.69) is 30.6 Å². The number of amides is 2. The van der Waals surface area contributed by atoms with E-state index in [1.54, 1.807) is 13.8 Å². The first-order chi connectivity index (χ1) is 5.79. The number of carbonyl (C=O) groups excluding carboxylic acids is 2. The highest BCUT2D eigenvalue weighted by atomic mass is 32.1. The fourth-order valence-electron chi connectivity index (χ4n) is 0.440. The molecule has 0 aliphatic rings. The highest BCUT2D eigenvalue weighted by Gasteiger charge is 2.25. The van der Waals surface area contributed by atoms with Crippen molar-refractivity contribution in [2.24, 2.45) is 5.73 Å². The Hall–Kier alpha value is -0.200. The Morgan fingerprint density at radius 2 is 2.00 bits per heavy atom. The summed E-state index contributed by atoms with van der Waals surface area (Å²) < 4.78 is -0.883. The zero-order chi connectivity index (χ0) is 10.6. The van der Waals surface area contributed by atoms with Gasteiger partial charge in [0.1, 0.15) is 0 Å². The summed E-state index contributed by atoms with van der Waals surface area (Å²) in [6.45, 7) is 3.18. The van der Waals surface area contributed by atoms with E-state index in [9.17, 15) is 9.59 Å². The van der Waals surface area contributed by atoms with Gasteiger partial charge in [0, 0.05) is 5.75 Å². The molecule has 0 saturated carbocycles. The molecule has 76 valence electrons. The van der Waals surface area contributed by atoms with Gasteiger partial charge in [-0.3, -0.25) is 14.9 Å². The summed E-state index contributed by atoms with van der Waals surface area (Å²) in [6, 6.07) is -0.761. The molecule has 0 aromatic rings. The van der Waals surface area contributed by atoms with Crippen LogP contribution < -0.4 is 11.1 Å². The Bertz CT molecular complexity index is 213. The maximum absolute atomic E-state index is 11.2. The van der Waals surface area contributed by atoms with E-state index in [1.807, 2.05) is 0 Å². The number of carbonyl (C=O) groups is 2. The van der Waals surface area contributed by atoms with Gasteiger partial charge in [0.25, 0.3) is 0 Å². The lowest BCUT2D eigenvalue weighted by Crippen LogP contribution is -2.49. The van der Waals surface area contributed by atoms with Gasteiger partial charge in [-0.1, -0.05) is 0 Å². The number of hydrogen-bond acceptors (Lipinski definition) is 5. The van der Waals surface area contributed by atoms with Crippen LogP contribution in [0.5, 0.6) is 0 Å². The monoisotopic (exact) mass is 222 g/mol. The smallest absolute Gasteiger partial charge is 0.244 e. The van der Waals surface area contributed by atoms with E-state index >= 15 is 0 Å². The molecule has 0 saturated heterocycles. The molecule has 1 atom stereocenters. The number of imide groups is 1. The first-order valence-electron chi connectivity index (χ1n) is 3.73. The standard InChI is InChI=1S/C7H14N2O2S2/c1-7(2,13)6(11)9-5(10)4(8)3-12/h4,12-13H,3,8H2,1-2H3,(H,9,10,11)/t4-/m0/s1. The van der Waals surface area contributed by atoms with Crippen LogP contribution in [0.2, 0.25) is 0 Å². The molecule has 4 nitrogen and oxygen atoms in total. The van der Waals surface area contributed by atoms with Crippen molar-refractivity contribution in [3.8, 4) is 0 Å². The lowest BCUT2D eigenvalue weighted by Gasteiger charge is -2.17. The molecule has 0 aromatic carbocycles. The van der Waals surface area contributed by atoms with Crippen molar-refractivity contribution in [2.75, 3.05) is 5.75 Å². The number of nitrogens with two attached hydrogens (primary N) is 1. The molecule has 0 fully saturated rings. The maximum atomic E-state index is 11.2. The number of thiol groups is 2. The number of rotatable bonds is 3. The minimum Gasteiger partial charge on any atom is -0.319 e. The number of nitrogens with one attached hydrogen (secondary N) is 1. The highest BCUT2D eigenvalue weighted by Crippen LogP contribution is 2.10. The molecule has 0 aliphatic heterocycles. The summed E-state index contributed by atoms with van der Waals surface area (Å²) in [5.41, 5.74) is 5.34. The van der Waals surface area contributed by atoms with E-state index in [-0.39, 0.29) is 5.75 Å². The average Bonchev–Trinajstić information content (AvgIpc) is 2.01. The summed E-state index contributed by atoms with van der Waals surface area (Å²) in [5.74, 6) is -0.785. The van der Waals surface area contributed by atoms with Gasteiger partial charge in [-0.15, -0.1) is 0 Å². The molecule has 0 radical (unpaired) electrons. The predicted molar refractivity (Wildman–Crippen MR) is 58.0 cm³/mol. The van der Waals surface area contributed by atoms with Crippen LogP contribution in [0.3, 0.4) is 0 Å². The average molecular weight is 222 g/mol. The summed E-state index contributed by atoms with van der Waals surface area (Å²) in [4.78, 5) is 22.3. The summed E-state index contributed by atoms with van der Waals surface area (Å²) in [7, 11) is 0. The second-order valence-electron chi connectivity index (χ2n) is 3.17. The molecule has 0 aromatic heterocycles. The normalized spacial score (nSPS) is 13.6. The van der Waals surface area contributed by atoms with Crippen LogP contribution in [-0.2, 0) is 9.59 Å². The third-order valence-corrected chi connectivity index (χ3v) is 1.92. The largest absolute Gasteiger partial charge is 0.319 e. The minimum absolute atomic E-state index is 0.201. The van der Waals surface area contributed by atoms with Gasteiger partial charge in [0.15, 0.2) is 0 Å². The molecule has 0 aliphatic carbocycles. The summed E-state index contributed by atoms with van der Waals surface area (Å²) in [6.07, 6.45) is 0. The van der Waals surface area contributed by atoms with Crippen molar-refractivity contribution in [3.05, 3.63) is 0 Å². The van der Waals surface area contributed by atoms with Crippen LogP contribution in [-0.4, -0.2) is 28.4 Å².